The van der Waals surface area contributed by atoms with Crippen LogP contribution in [-0.2, 0) is 11.3 Å². The number of aromatic hydroxyl groups is 1. The van der Waals surface area contributed by atoms with Crippen LogP contribution in [0.15, 0.2) is 18.2 Å². The van der Waals surface area contributed by atoms with Gasteiger partial charge in [-0.15, -0.1) is 0 Å². The monoisotopic (exact) mass is 292 g/mol. The van der Waals surface area contributed by atoms with E-state index in [9.17, 15) is 9.90 Å². The number of phenolic OH excluding ortho intramolecular Hbond substituents is 1. The Kier molecular flexibility index (Phi) is 5.87. The largest absolute Gasteiger partial charge is 0.504 e. The average Bonchev–Trinajstić information content (AvgIpc) is 3.26. The van der Waals surface area contributed by atoms with Crippen molar-refractivity contribution < 1.29 is 14.6 Å². The van der Waals surface area contributed by atoms with Crippen LogP contribution in [0.25, 0.3) is 0 Å². The van der Waals surface area contributed by atoms with Gasteiger partial charge in [0, 0.05) is 19.0 Å². The first-order chi connectivity index (χ1) is 10.2. The normalized spacial score (nSPS) is 14.0. The number of rotatable bonds is 9. The second-order valence-corrected chi connectivity index (χ2v) is 5.36. The lowest BCUT2D eigenvalue weighted by molar-refractivity contribution is -0.121. The third-order valence-corrected chi connectivity index (χ3v) is 3.35. The Bertz CT molecular complexity index is 473. The van der Waals surface area contributed by atoms with Gasteiger partial charge in [-0.25, -0.2) is 0 Å². The standard InChI is InChI=1S/C16H24N2O3/c1-2-21-15-10-12(5-8-14(15)19)11-17-9-3-4-16(20)18-13-6-7-13/h5,8,10,13,17,19H,2-4,6-7,9,11H2,1H3,(H,18,20). The number of hydrogen-bond acceptors (Lipinski definition) is 4. The van der Waals surface area contributed by atoms with Gasteiger partial charge in [-0.1, -0.05) is 6.07 Å². The summed E-state index contributed by atoms with van der Waals surface area (Å²) in [5.41, 5.74) is 1.05. The molecule has 0 unspecified atom stereocenters. The van der Waals surface area contributed by atoms with Crippen molar-refractivity contribution in [3.05, 3.63) is 23.8 Å². The minimum Gasteiger partial charge on any atom is -0.504 e. The highest BCUT2D eigenvalue weighted by molar-refractivity contribution is 5.76. The number of ether oxygens (including phenoxy) is 1. The fourth-order valence-electron chi connectivity index (χ4n) is 2.07. The van der Waals surface area contributed by atoms with Gasteiger partial charge in [0.15, 0.2) is 11.5 Å². The molecule has 1 aromatic rings. The molecule has 1 aliphatic carbocycles. The van der Waals surface area contributed by atoms with Crippen LogP contribution in [0.4, 0.5) is 0 Å². The zero-order valence-corrected chi connectivity index (χ0v) is 12.5. The van der Waals surface area contributed by atoms with Crippen molar-refractivity contribution in [3.63, 3.8) is 0 Å². The van der Waals surface area contributed by atoms with Crippen molar-refractivity contribution in [3.8, 4) is 11.5 Å². The van der Waals surface area contributed by atoms with Crippen molar-refractivity contribution in [1.29, 1.82) is 0 Å². The summed E-state index contributed by atoms with van der Waals surface area (Å²) in [6.07, 6.45) is 3.66. The highest BCUT2D eigenvalue weighted by Crippen LogP contribution is 2.26. The SMILES string of the molecule is CCOc1cc(CNCCCC(=O)NC2CC2)ccc1O. The molecule has 1 fully saturated rings. The molecule has 5 nitrogen and oxygen atoms in total. The first kappa shape index (κ1) is 15.6. The quantitative estimate of drug-likeness (QED) is 0.608. The van der Waals surface area contributed by atoms with Gasteiger partial charge in [0.2, 0.25) is 5.91 Å². The van der Waals surface area contributed by atoms with Gasteiger partial charge in [-0.2, -0.15) is 0 Å². The summed E-state index contributed by atoms with van der Waals surface area (Å²) >= 11 is 0. The van der Waals surface area contributed by atoms with Crippen LogP contribution >= 0.6 is 0 Å². The number of carbonyl (C=O) groups excluding carboxylic acids is 1. The van der Waals surface area contributed by atoms with E-state index in [0.29, 0.717) is 31.4 Å². The number of hydrogen-bond donors (Lipinski definition) is 3. The lowest BCUT2D eigenvalue weighted by Gasteiger charge is -2.09. The minimum atomic E-state index is 0.155. The molecule has 21 heavy (non-hydrogen) atoms. The molecule has 0 heterocycles. The number of phenols is 1. The molecule has 1 amide bonds. The third-order valence-electron chi connectivity index (χ3n) is 3.35. The van der Waals surface area contributed by atoms with Gasteiger partial charge in [-0.3, -0.25) is 4.79 Å². The maximum Gasteiger partial charge on any atom is 0.220 e. The van der Waals surface area contributed by atoms with Crippen LogP contribution in [0, 0.1) is 0 Å². The Labute approximate surface area is 125 Å². The van der Waals surface area contributed by atoms with Crippen LogP contribution in [-0.4, -0.2) is 30.2 Å². The molecule has 3 N–H and O–H groups in total. The Hall–Kier alpha value is -1.75. The molecule has 5 heteroatoms. The Balaban J connectivity index is 1.63. The zero-order valence-electron chi connectivity index (χ0n) is 12.5. The molecular formula is C16H24N2O3. The third kappa shape index (κ3) is 5.63. The molecule has 0 radical (unpaired) electrons. The predicted octanol–water partition coefficient (Wildman–Crippen LogP) is 1.94. The molecule has 1 aromatic carbocycles. The fraction of sp³-hybridized carbons (Fsp3) is 0.562. The summed E-state index contributed by atoms with van der Waals surface area (Å²) in [7, 11) is 0. The summed E-state index contributed by atoms with van der Waals surface area (Å²) in [4.78, 5) is 11.5. The fourth-order valence-corrected chi connectivity index (χ4v) is 2.07. The highest BCUT2D eigenvalue weighted by Gasteiger charge is 2.22. The second-order valence-electron chi connectivity index (χ2n) is 5.36. The maximum atomic E-state index is 11.5. The molecule has 0 atom stereocenters. The van der Waals surface area contributed by atoms with E-state index >= 15 is 0 Å². The smallest absolute Gasteiger partial charge is 0.220 e. The molecule has 116 valence electrons. The van der Waals surface area contributed by atoms with E-state index in [4.69, 9.17) is 4.74 Å². The Morgan fingerprint density at radius 3 is 2.95 bits per heavy atom. The van der Waals surface area contributed by atoms with Crippen LogP contribution in [0.5, 0.6) is 11.5 Å². The minimum absolute atomic E-state index is 0.155. The van der Waals surface area contributed by atoms with E-state index in [-0.39, 0.29) is 11.7 Å². The van der Waals surface area contributed by atoms with E-state index in [2.05, 4.69) is 10.6 Å². The van der Waals surface area contributed by atoms with Gasteiger partial charge in [-0.05, 0) is 50.4 Å². The molecular weight excluding hydrogens is 268 g/mol. The lowest BCUT2D eigenvalue weighted by atomic mass is 10.2. The van der Waals surface area contributed by atoms with Crippen LogP contribution in [0.2, 0.25) is 0 Å². The molecule has 0 bridgehead atoms. The van der Waals surface area contributed by atoms with Crippen molar-refractivity contribution in [2.45, 2.75) is 45.2 Å². The topological polar surface area (TPSA) is 70.6 Å². The molecule has 0 aliphatic heterocycles. The van der Waals surface area contributed by atoms with Crippen LogP contribution in [0.1, 0.15) is 38.2 Å². The van der Waals surface area contributed by atoms with Crippen molar-refractivity contribution in [2.75, 3.05) is 13.2 Å². The van der Waals surface area contributed by atoms with E-state index in [1.54, 1.807) is 6.07 Å². The maximum absolute atomic E-state index is 11.5. The van der Waals surface area contributed by atoms with E-state index in [1.807, 2.05) is 19.1 Å². The molecule has 0 aromatic heterocycles. The molecule has 0 saturated heterocycles. The summed E-state index contributed by atoms with van der Waals surface area (Å²) < 4.78 is 5.35. The zero-order chi connectivity index (χ0) is 15.1. The van der Waals surface area contributed by atoms with Crippen LogP contribution in [0.3, 0.4) is 0 Å². The number of carbonyl (C=O) groups is 1. The van der Waals surface area contributed by atoms with Gasteiger partial charge in [0.25, 0.3) is 0 Å². The summed E-state index contributed by atoms with van der Waals surface area (Å²) in [5, 5.41) is 15.9. The second kappa shape index (κ2) is 7.88. The van der Waals surface area contributed by atoms with Gasteiger partial charge < -0.3 is 20.5 Å². The van der Waals surface area contributed by atoms with Gasteiger partial charge >= 0.3 is 0 Å². The van der Waals surface area contributed by atoms with E-state index in [1.165, 1.54) is 0 Å². The Morgan fingerprint density at radius 2 is 2.24 bits per heavy atom. The van der Waals surface area contributed by atoms with Crippen LogP contribution < -0.4 is 15.4 Å². The molecule has 1 saturated carbocycles. The Morgan fingerprint density at radius 1 is 1.43 bits per heavy atom. The molecule has 1 aliphatic rings. The molecule has 0 spiro atoms. The lowest BCUT2D eigenvalue weighted by Crippen LogP contribution is -2.26. The highest BCUT2D eigenvalue weighted by atomic mass is 16.5. The van der Waals surface area contributed by atoms with E-state index < -0.39 is 0 Å². The summed E-state index contributed by atoms with van der Waals surface area (Å²) in [6.45, 7) is 3.91. The number of amides is 1. The number of benzene rings is 1. The average molecular weight is 292 g/mol. The van der Waals surface area contributed by atoms with Crippen molar-refractivity contribution >= 4 is 5.91 Å². The van der Waals surface area contributed by atoms with Gasteiger partial charge in [0.1, 0.15) is 0 Å². The predicted molar refractivity (Wildman–Crippen MR) is 81.4 cm³/mol. The van der Waals surface area contributed by atoms with Crippen molar-refractivity contribution in [1.82, 2.24) is 10.6 Å². The van der Waals surface area contributed by atoms with Crippen molar-refractivity contribution in [2.24, 2.45) is 0 Å². The first-order valence-electron chi connectivity index (χ1n) is 7.64. The van der Waals surface area contributed by atoms with Gasteiger partial charge in [0.05, 0.1) is 6.61 Å². The molecule has 2 rings (SSSR count). The first-order valence-corrected chi connectivity index (χ1v) is 7.64. The van der Waals surface area contributed by atoms with E-state index in [0.717, 1.165) is 31.4 Å². The summed E-state index contributed by atoms with van der Waals surface area (Å²) in [5.74, 6) is 0.834. The number of nitrogens with one attached hydrogen (secondary N) is 2. The summed E-state index contributed by atoms with van der Waals surface area (Å²) in [6, 6.07) is 5.79.